The van der Waals surface area contributed by atoms with Gasteiger partial charge in [-0.2, -0.15) is 0 Å². The van der Waals surface area contributed by atoms with Crippen molar-refractivity contribution in [2.24, 2.45) is 5.92 Å². The average molecular weight is 276 g/mol. The van der Waals surface area contributed by atoms with Gasteiger partial charge in [0.2, 0.25) is 0 Å². The lowest BCUT2D eigenvalue weighted by Crippen LogP contribution is -2.54. The second-order valence-electron chi connectivity index (χ2n) is 5.91. The van der Waals surface area contributed by atoms with Gasteiger partial charge in [0, 0.05) is 6.54 Å². The van der Waals surface area contributed by atoms with Crippen LogP contribution in [0.5, 0.6) is 0 Å². The molecular weight excluding hydrogens is 252 g/mol. The zero-order chi connectivity index (χ0) is 14.6. The molecule has 1 aliphatic carbocycles. The summed E-state index contributed by atoms with van der Waals surface area (Å²) in [6.07, 6.45) is 2.99. The molecule has 1 saturated carbocycles. The highest BCUT2D eigenvalue weighted by Gasteiger charge is 2.42. The van der Waals surface area contributed by atoms with Gasteiger partial charge in [-0.05, 0) is 50.2 Å². The molecule has 0 aliphatic heterocycles. The number of urea groups is 1. The third-order valence-corrected chi connectivity index (χ3v) is 4.15. The number of aliphatic hydroxyl groups excluding tert-OH is 1. The Labute approximate surface area is 120 Å². The van der Waals surface area contributed by atoms with Crippen molar-refractivity contribution in [2.45, 2.75) is 38.6 Å². The number of aryl methyl sites for hydroxylation is 1. The van der Waals surface area contributed by atoms with Crippen LogP contribution in [-0.4, -0.2) is 29.8 Å². The Morgan fingerprint density at radius 3 is 2.70 bits per heavy atom. The van der Waals surface area contributed by atoms with E-state index in [-0.39, 0.29) is 12.6 Å². The largest absolute Gasteiger partial charge is 0.394 e. The maximum Gasteiger partial charge on any atom is 0.315 e. The van der Waals surface area contributed by atoms with Gasteiger partial charge in [-0.25, -0.2) is 4.79 Å². The summed E-state index contributed by atoms with van der Waals surface area (Å²) >= 11 is 0. The number of carbonyl (C=O) groups excluding carboxylic acids is 1. The number of hydrogen-bond donors (Lipinski definition) is 3. The minimum atomic E-state index is -0.479. The topological polar surface area (TPSA) is 61.4 Å². The van der Waals surface area contributed by atoms with Gasteiger partial charge in [0.25, 0.3) is 0 Å². The average Bonchev–Trinajstić information content (AvgIpc) is 3.25. The van der Waals surface area contributed by atoms with Crippen LogP contribution in [0.2, 0.25) is 0 Å². The van der Waals surface area contributed by atoms with Crippen molar-refractivity contribution in [3.63, 3.8) is 0 Å². The van der Waals surface area contributed by atoms with Gasteiger partial charge in [0.15, 0.2) is 0 Å². The maximum atomic E-state index is 11.9. The van der Waals surface area contributed by atoms with Crippen molar-refractivity contribution in [3.8, 4) is 0 Å². The number of rotatable bonds is 6. The zero-order valence-electron chi connectivity index (χ0n) is 12.3. The Bertz CT molecular complexity index is 471. The van der Waals surface area contributed by atoms with E-state index >= 15 is 0 Å². The van der Waals surface area contributed by atoms with Crippen LogP contribution in [-0.2, 0) is 6.42 Å². The summed E-state index contributed by atoms with van der Waals surface area (Å²) in [7, 11) is 0. The summed E-state index contributed by atoms with van der Waals surface area (Å²) in [5.74, 6) is 0.412. The Balaban J connectivity index is 1.77. The third kappa shape index (κ3) is 3.73. The summed E-state index contributed by atoms with van der Waals surface area (Å²) in [5, 5.41) is 15.2. The second kappa shape index (κ2) is 6.27. The van der Waals surface area contributed by atoms with E-state index in [4.69, 9.17) is 0 Å². The van der Waals surface area contributed by atoms with Crippen LogP contribution >= 0.6 is 0 Å². The molecule has 0 radical (unpaired) electrons. The fraction of sp³-hybridized carbons (Fsp3) is 0.562. The van der Waals surface area contributed by atoms with Gasteiger partial charge >= 0.3 is 6.03 Å². The molecule has 0 saturated heterocycles. The SMILES string of the molecule is Cc1ccccc1CCNC(=O)NC(C)(CO)C1CC1. The van der Waals surface area contributed by atoms with E-state index in [2.05, 4.69) is 29.7 Å². The summed E-state index contributed by atoms with van der Waals surface area (Å²) < 4.78 is 0. The van der Waals surface area contributed by atoms with Crippen molar-refractivity contribution in [2.75, 3.05) is 13.2 Å². The number of benzene rings is 1. The molecule has 2 rings (SSSR count). The Morgan fingerprint density at radius 2 is 2.10 bits per heavy atom. The fourth-order valence-electron chi connectivity index (χ4n) is 2.50. The monoisotopic (exact) mass is 276 g/mol. The lowest BCUT2D eigenvalue weighted by molar-refractivity contribution is 0.155. The minimum Gasteiger partial charge on any atom is -0.394 e. The van der Waals surface area contributed by atoms with Crippen LogP contribution in [0.15, 0.2) is 24.3 Å². The molecule has 4 heteroatoms. The van der Waals surface area contributed by atoms with E-state index in [1.807, 2.05) is 19.1 Å². The van der Waals surface area contributed by atoms with Gasteiger partial charge < -0.3 is 15.7 Å². The molecule has 1 aromatic rings. The molecule has 4 nitrogen and oxygen atoms in total. The van der Waals surface area contributed by atoms with Crippen molar-refractivity contribution in [3.05, 3.63) is 35.4 Å². The lowest BCUT2D eigenvalue weighted by atomic mass is 9.97. The highest BCUT2D eigenvalue weighted by atomic mass is 16.3. The highest BCUT2D eigenvalue weighted by molar-refractivity contribution is 5.74. The Morgan fingerprint density at radius 1 is 1.40 bits per heavy atom. The van der Waals surface area contributed by atoms with Crippen LogP contribution < -0.4 is 10.6 Å². The molecule has 0 bridgehead atoms. The predicted octanol–water partition coefficient (Wildman–Crippen LogP) is 2.00. The van der Waals surface area contributed by atoms with Crippen LogP contribution in [0.25, 0.3) is 0 Å². The normalized spacial score (nSPS) is 17.4. The highest BCUT2D eigenvalue weighted by Crippen LogP contribution is 2.39. The standard InChI is InChI=1S/C16H24N2O2/c1-12-5-3-4-6-13(12)9-10-17-15(20)18-16(2,11-19)14-7-8-14/h3-6,14,19H,7-11H2,1-2H3,(H2,17,18,20). The first kappa shape index (κ1) is 14.9. The molecule has 0 aromatic heterocycles. The molecule has 0 heterocycles. The second-order valence-corrected chi connectivity index (χ2v) is 5.91. The van der Waals surface area contributed by atoms with Gasteiger partial charge in [-0.3, -0.25) is 0 Å². The van der Waals surface area contributed by atoms with E-state index in [1.165, 1.54) is 11.1 Å². The quantitative estimate of drug-likeness (QED) is 0.744. The molecule has 1 aliphatic rings. The van der Waals surface area contributed by atoms with E-state index < -0.39 is 5.54 Å². The molecule has 3 N–H and O–H groups in total. The maximum absolute atomic E-state index is 11.9. The molecular formula is C16H24N2O2. The van der Waals surface area contributed by atoms with Crippen molar-refractivity contribution >= 4 is 6.03 Å². The van der Waals surface area contributed by atoms with Crippen LogP contribution in [0.4, 0.5) is 4.79 Å². The zero-order valence-corrected chi connectivity index (χ0v) is 12.3. The summed E-state index contributed by atoms with van der Waals surface area (Å²) in [5.41, 5.74) is 2.01. The van der Waals surface area contributed by atoms with Crippen molar-refractivity contribution < 1.29 is 9.90 Å². The fourth-order valence-corrected chi connectivity index (χ4v) is 2.50. The Hall–Kier alpha value is -1.55. The first-order valence-electron chi connectivity index (χ1n) is 7.26. The molecule has 1 fully saturated rings. The van der Waals surface area contributed by atoms with Gasteiger partial charge in [0.1, 0.15) is 0 Å². The smallest absolute Gasteiger partial charge is 0.315 e. The minimum absolute atomic E-state index is 0.0110. The number of hydrogen-bond acceptors (Lipinski definition) is 2. The lowest BCUT2D eigenvalue weighted by Gasteiger charge is -2.28. The van der Waals surface area contributed by atoms with E-state index in [9.17, 15) is 9.90 Å². The van der Waals surface area contributed by atoms with Crippen LogP contribution in [0, 0.1) is 12.8 Å². The van der Waals surface area contributed by atoms with Gasteiger partial charge in [-0.1, -0.05) is 24.3 Å². The number of nitrogens with one attached hydrogen (secondary N) is 2. The van der Waals surface area contributed by atoms with Crippen molar-refractivity contribution in [1.82, 2.24) is 10.6 Å². The summed E-state index contributed by atoms with van der Waals surface area (Å²) in [4.78, 5) is 11.9. The van der Waals surface area contributed by atoms with Crippen LogP contribution in [0.3, 0.4) is 0 Å². The predicted molar refractivity (Wildman–Crippen MR) is 79.6 cm³/mol. The molecule has 1 unspecified atom stereocenters. The van der Waals surface area contributed by atoms with Crippen LogP contribution in [0.1, 0.15) is 30.9 Å². The number of aliphatic hydroxyl groups is 1. The summed E-state index contributed by atoms with van der Waals surface area (Å²) in [6.45, 7) is 4.57. The third-order valence-electron chi connectivity index (χ3n) is 4.15. The van der Waals surface area contributed by atoms with Gasteiger partial charge in [-0.15, -0.1) is 0 Å². The summed E-state index contributed by atoms with van der Waals surface area (Å²) in [6, 6.07) is 7.99. The molecule has 2 amide bonds. The first-order chi connectivity index (χ1) is 9.55. The number of amides is 2. The van der Waals surface area contributed by atoms with E-state index in [0.717, 1.165) is 19.3 Å². The molecule has 1 atom stereocenters. The van der Waals surface area contributed by atoms with E-state index in [1.54, 1.807) is 0 Å². The van der Waals surface area contributed by atoms with E-state index in [0.29, 0.717) is 12.5 Å². The molecule has 110 valence electrons. The molecule has 0 spiro atoms. The molecule has 1 aromatic carbocycles. The van der Waals surface area contributed by atoms with Crippen molar-refractivity contribution in [1.29, 1.82) is 0 Å². The first-order valence-corrected chi connectivity index (χ1v) is 7.26. The Kier molecular flexibility index (Phi) is 4.65. The van der Waals surface area contributed by atoms with Gasteiger partial charge in [0.05, 0.1) is 12.1 Å². The number of carbonyl (C=O) groups is 1. The molecule has 20 heavy (non-hydrogen) atoms.